The molecule has 106 valence electrons. The molecule has 2 heterocycles. The molecule has 0 unspecified atom stereocenters. The van der Waals surface area contributed by atoms with Crippen molar-refractivity contribution < 1.29 is 17.6 Å². The molecule has 2 aromatic rings. The van der Waals surface area contributed by atoms with Crippen molar-refractivity contribution in [3.63, 3.8) is 0 Å². The summed E-state index contributed by atoms with van der Waals surface area (Å²) in [7, 11) is 0. The van der Waals surface area contributed by atoms with Gasteiger partial charge >= 0.3 is 0 Å². The van der Waals surface area contributed by atoms with E-state index in [0.717, 1.165) is 18.4 Å². The van der Waals surface area contributed by atoms with Crippen LogP contribution >= 0.6 is 11.3 Å². The maximum Gasteiger partial charge on any atom is 0.253 e. The van der Waals surface area contributed by atoms with Gasteiger partial charge in [0.05, 0.1) is 0 Å². The van der Waals surface area contributed by atoms with Gasteiger partial charge in [-0.3, -0.25) is 0 Å². The predicted octanol–water partition coefficient (Wildman–Crippen LogP) is 3.87. The van der Waals surface area contributed by atoms with Gasteiger partial charge in [0.2, 0.25) is 11.6 Å². The van der Waals surface area contributed by atoms with E-state index in [1.165, 1.54) is 16.2 Å². The van der Waals surface area contributed by atoms with E-state index in [9.17, 15) is 17.6 Å². The van der Waals surface area contributed by atoms with Crippen LogP contribution in [0.25, 0.3) is 0 Å². The maximum atomic E-state index is 13.8. The van der Waals surface area contributed by atoms with Gasteiger partial charge in [-0.1, -0.05) is 0 Å². The molecule has 0 aromatic carbocycles. The lowest BCUT2D eigenvalue weighted by Crippen LogP contribution is -2.28. The lowest BCUT2D eigenvalue weighted by Gasteiger charge is -2.25. The summed E-state index contributed by atoms with van der Waals surface area (Å²) in [4.78, 5) is 3.96. The molecule has 0 radical (unpaired) electrons. The highest BCUT2D eigenvalue weighted by molar-refractivity contribution is 7.07. The Morgan fingerprint density at radius 3 is 2.30 bits per heavy atom. The van der Waals surface area contributed by atoms with E-state index >= 15 is 0 Å². The van der Waals surface area contributed by atoms with Crippen molar-refractivity contribution in [2.24, 2.45) is 0 Å². The summed E-state index contributed by atoms with van der Waals surface area (Å²) in [6.45, 7) is 0.213. The van der Waals surface area contributed by atoms with E-state index in [2.05, 4.69) is 4.98 Å². The van der Waals surface area contributed by atoms with Crippen molar-refractivity contribution in [2.75, 3.05) is 4.90 Å². The first kappa shape index (κ1) is 13.4. The van der Waals surface area contributed by atoms with Gasteiger partial charge in [-0.2, -0.15) is 33.9 Å². The average Bonchev–Trinajstić information content (AvgIpc) is 3.13. The van der Waals surface area contributed by atoms with Gasteiger partial charge in [0.15, 0.2) is 0 Å². The van der Waals surface area contributed by atoms with Crippen LogP contribution in [0.5, 0.6) is 0 Å². The lowest BCUT2D eigenvalue weighted by atomic mass is 10.2. The van der Waals surface area contributed by atoms with Crippen LogP contribution in [0.3, 0.4) is 0 Å². The van der Waals surface area contributed by atoms with Crippen LogP contribution in [-0.4, -0.2) is 11.0 Å². The Bertz CT molecular complexity index is 600. The molecule has 0 amide bonds. The number of hydrogen-bond acceptors (Lipinski definition) is 3. The van der Waals surface area contributed by atoms with Gasteiger partial charge in [-0.05, 0) is 35.2 Å². The molecule has 1 aliphatic rings. The van der Waals surface area contributed by atoms with Crippen molar-refractivity contribution in [3.8, 4) is 0 Å². The Labute approximate surface area is 116 Å². The van der Waals surface area contributed by atoms with Crippen LogP contribution in [0.1, 0.15) is 18.4 Å². The summed E-state index contributed by atoms with van der Waals surface area (Å²) in [6.07, 6.45) is 1.49. The number of anilines is 1. The van der Waals surface area contributed by atoms with Crippen LogP contribution in [0.2, 0.25) is 0 Å². The molecule has 3 rings (SSSR count). The van der Waals surface area contributed by atoms with Crippen LogP contribution in [-0.2, 0) is 6.54 Å². The van der Waals surface area contributed by atoms with E-state index in [1.54, 1.807) is 0 Å². The molecule has 7 heteroatoms. The summed E-state index contributed by atoms with van der Waals surface area (Å²) in [6, 6.07) is 1.71. The van der Waals surface area contributed by atoms with E-state index < -0.39 is 29.2 Å². The van der Waals surface area contributed by atoms with Gasteiger partial charge in [0, 0.05) is 12.6 Å². The lowest BCUT2D eigenvalue weighted by molar-refractivity contribution is 0.405. The molecule has 2 aromatic heterocycles. The molecule has 0 bridgehead atoms. The molecule has 1 saturated carbocycles. The zero-order valence-corrected chi connectivity index (χ0v) is 11.1. The number of hydrogen-bond donors (Lipinski definition) is 0. The van der Waals surface area contributed by atoms with Crippen molar-refractivity contribution in [1.29, 1.82) is 0 Å². The first-order chi connectivity index (χ1) is 9.58. The van der Waals surface area contributed by atoms with Crippen molar-refractivity contribution >= 4 is 17.0 Å². The highest BCUT2D eigenvalue weighted by Gasteiger charge is 2.35. The smallest absolute Gasteiger partial charge is 0.253 e. The van der Waals surface area contributed by atoms with Crippen molar-refractivity contribution in [2.45, 2.75) is 25.4 Å². The third-order valence-electron chi connectivity index (χ3n) is 3.18. The van der Waals surface area contributed by atoms with Crippen molar-refractivity contribution in [3.05, 3.63) is 45.9 Å². The number of rotatable bonds is 4. The zero-order valence-electron chi connectivity index (χ0n) is 10.2. The first-order valence-corrected chi connectivity index (χ1v) is 7.00. The number of thiophene rings is 1. The fourth-order valence-electron chi connectivity index (χ4n) is 2.08. The molecule has 20 heavy (non-hydrogen) atoms. The van der Waals surface area contributed by atoms with Crippen LogP contribution in [0.4, 0.5) is 23.2 Å². The SMILES string of the molecule is Fc1nc(F)c(F)c(N(Cc2ccsc2)C2CC2)c1F. The monoisotopic (exact) mass is 302 g/mol. The third-order valence-corrected chi connectivity index (χ3v) is 3.91. The third kappa shape index (κ3) is 2.37. The second kappa shape index (κ2) is 5.05. The van der Waals surface area contributed by atoms with Gasteiger partial charge < -0.3 is 4.90 Å². The number of nitrogens with zero attached hydrogens (tertiary/aromatic N) is 2. The summed E-state index contributed by atoms with van der Waals surface area (Å²) in [5, 5.41) is 3.67. The first-order valence-electron chi connectivity index (χ1n) is 6.05. The van der Waals surface area contributed by atoms with Crippen LogP contribution in [0.15, 0.2) is 16.8 Å². The van der Waals surface area contributed by atoms with Crippen LogP contribution in [0, 0.1) is 23.5 Å². The maximum absolute atomic E-state index is 13.8. The second-order valence-electron chi connectivity index (χ2n) is 4.66. The fourth-order valence-corrected chi connectivity index (χ4v) is 2.74. The quantitative estimate of drug-likeness (QED) is 0.629. The molecule has 2 nitrogen and oxygen atoms in total. The number of pyridine rings is 1. The van der Waals surface area contributed by atoms with Crippen LogP contribution < -0.4 is 4.90 Å². The molecule has 1 aliphatic carbocycles. The van der Waals surface area contributed by atoms with Gasteiger partial charge in [0.25, 0.3) is 11.9 Å². The summed E-state index contributed by atoms with van der Waals surface area (Å²) < 4.78 is 54.1. The number of aromatic nitrogens is 1. The van der Waals surface area contributed by atoms with E-state index in [4.69, 9.17) is 0 Å². The molecule has 0 aliphatic heterocycles. The highest BCUT2D eigenvalue weighted by Crippen LogP contribution is 2.37. The molecule has 0 atom stereocenters. The Morgan fingerprint density at radius 2 is 1.80 bits per heavy atom. The number of halogens is 4. The minimum atomic E-state index is -1.62. The highest BCUT2D eigenvalue weighted by atomic mass is 32.1. The second-order valence-corrected chi connectivity index (χ2v) is 5.44. The Hall–Kier alpha value is -1.63. The average molecular weight is 302 g/mol. The predicted molar refractivity (Wildman–Crippen MR) is 67.6 cm³/mol. The topological polar surface area (TPSA) is 16.1 Å². The molecular weight excluding hydrogens is 292 g/mol. The van der Waals surface area contributed by atoms with Crippen molar-refractivity contribution in [1.82, 2.24) is 4.98 Å². The van der Waals surface area contributed by atoms with Gasteiger partial charge in [0.1, 0.15) is 5.69 Å². The Kier molecular flexibility index (Phi) is 3.37. The molecular formula is C13H10F4N2S. The zero-order chi connectivity index (χ0) is 14.3. The summed E-state index contributed by atoms with van der Waals surface area (Å²) in [5.74, 6) is -6.11. The normalized spacial score (nSPS) is 14.6. The van der Waals surface area contributed by atoms with Gasteiger partial charge in [-0.15, -0.1) is 0 Å². The summed E-state index contributed by atoms with van der Waals surface area (Å²) in [5.41, 5.74) is 0.182. The molecule has 0 saturated heterocycles. The standard InChI is InChI=1S/C13H10F4N2S/c14-9-11(10(15)13(17)18-12(9)16)19(8-1-2-8)5-7-3-4-20-6-7/h3-4,6,8H,1-2,5H2. The van der Waals surface area contributed by atoms with E-state index in [0.29, 0.717) is 0 Å². The van der Waals surface area contributed by atoms with E-state index in [1.807, 2.05) is 16.8 Å². The Morgan fingerprint density at radius 1 is 1.15 bits per heavy atom. The van der Waals surface area contributed by atoms with E-state index in [-0.39, 0.29) is 12.6 Å². The van der Waals surface area contributed by atoms with Gasteiger partial charge in [-0.25, -0.2) is 0 Å². The fraction of sp³-hybridized carbons (Fsp3) is 0.308. The molecule has 1 fully saturated rings. The molecule has 0 spiro atoms. The minimum Gasteiger partial charge on any atom is -0.359 e. The Balaban J connectivity index is 2.03. The summed E-state index contributed by atoms with van der Waals surface area (Å²) >= 11 is 1.45. The largest absolute Gasteiger partial charge is 0.359 e. The minimum absolute atomic E-state index is 0.0971. The molecule has 0 N–H and O–H groups in total.